The fourth-order valence-electron chi connectivity index (χ4n) is 3.14. The third-order valence-corrected chi connectivity index (χ3v) is 11.7. The Labute approximate surface area is 221 Å². The smallest absolute Gasteiger partial charge is 0.373 e. The van der Waals surface area contributed by atoms with Crippen LogP contribution in [0.5, 0.6) is 0 Å². The summed E-state index contributed by atoms with van der Waals surface area (Å²) in [6.07, 6.45) is -0.140. The standard InChI is InChI=1S/C28H38O7Si2/c1-8-20-31-21-19-26(32-34-27(29)22-11-15-24(16-12-22)36(4,5)9-2)33-35-28(30)23-13-17-25(18-14-23)37(6,7)10-3/h9-18,26H,2-3,8,19-21H2,1,4-7H3. The zero-order valence-electron chi connectivity index (χ0n) is 22.5. The molecule has 0 amide bonds. The molecule has 0 aliphatic carbocycles. The van der Waals surface area contributed by atoms with Gasteiger partial charge in [0.1, 0.15) is 16.1 Å². The number of carbonyl (C=O) groups excluding carboxylic acids is 2. The first-order valence-corrected chi connectivity index (χ1v) is 18.5. The number of rotatable bonds is 15. The highest BCUT2D eigenvalue weighted by atomic mass is 28.3. The molecular formula is C28H38O7Si2. The van der Waals surface area contributed by atoms with Crippen molar-refractivity contribution in [2.75, 3.05) is 13.2 Å². The largest absolute Gasteiger partial charge is 0.381 e. The maximum Gasteiger partial charge on any atom is 0.373 e. The van der Waals surface area contributed by atoms with Gasteiger partial charge in [-0.3, -0.25) is 9.78 Å². The normalized spacial score (nSPS) is 11.7. The van der Waals surface area contributed by atoms with E-state index in [9.17, 15) is 9.59 Å². The summed E-state index contributed by atoms with van der Waals surface area (Å²) in [5, 5.41) is 2.29. The molecule has 0 heterocycles. The summed E-state index contributed by atoms with van der Waals surface area (Å²) in [7, 11) is -3.48. The lowest BCUT2D eigenvalue weighted by atomic mass is 10.2. The zero-order chi connectivity index (χ0) is 27.5. The van der Waals surface area contributed by atoms with E-state index in [1.165, 1.54) is 0 Å². The van der Waals surface area contributed by atoms with Crippen molar-refractivity contribution in [2.24, 2.45) is 0 Å². The molecule has 0 aliphatic rings. The fraction of sp³-hybridized carbons (Fsp3) is 0.357. The van der Waals surface area contributed by atoms with E-state index in [2.05, 4.69) is 39.3 Å². The maximum atomic E-state index is 12.5. The van der Waals surface area contributed by atoms with Crippen LogP contribution in [0.25, 0.3) is 0 Å². The van der Waals surface area contributed by atoms with Gasteiger partial charge in [0, 0.05) is 13.0 Å². The molecule has 0 spiro atoms. The molecule has 0 N–H and O–H groups in total. The van der Waals surface area contributed by atoms with Crippen molar-refractivity contribution in [3.8, 4) is 0 Å². The Bertz CT molecular complexity index is 968. The first-order valence-electron chi connectivity index (χ1n) is 12.4. The zero-order valence-corrected chi connectivity index (χ0v) is 24.5. The SMILES string of the molecule is C=C[Si](C)(C)c1ccc(C(=O)OOC(CCOCCC)OOC(=O)c2ccc([Si](C)(C)C=C)cc2)cc1. The number of hydrogen-bond donors (Lipinski definition) is 0. The van der Waals surface area contributed by atoms with Crippen molar-refractivity contribution in [2.45, 2.75) is 52.2 Å². The van der Waals surface area contributed by atoms with Gasteiger partial charge in [-0.2, -0.15) is 0 Å². The van der Waals surface area contributed by atoms with Gasteiger partial charge in [-0.25, -0.2) is 9.59 Å². The van der Waals surface area contributed by atoms with Gasteiger partial charge in [0.2, 0.25) is 6.29 Å². The molecule has 0 atom stereocenters. The first kappa shape index (κ1) is 30.4. The van der Waals surface area contributed by atoms with Gasteiger partial charge < -0.3 is 4.74 Å². The van der Waals surface area contributed by atoms with Gasteiger partial charge in [-0.15, -0.1) is 22.9 Å². The highest BCUT2D eigenvalue weighted by Crippen LogP contribution is 2.12. The topological polar surface area (TPSA) is 80.3 Å². The Morgan fingerprint density at radius 2 is 1.16 bits per heavy atom. The highest BCUT2D eigenvalue weighted by Gasteiger charge is 2.23. The molecule has 0 saturated carbocycles. The van der Waals surface area contributed by atoms with E-state index >= 15 is 0 Å². The van der Waals surface area contributed by atoms with E-state index in [1.807, 2.05) is 42.6 Å². The van der Waals surface area contributed by atoms with Gasteiger partial charge in [-0.1, -0.05) is 79.1 Å². The Hall–Kier alpha value is -2.83. The molecule has 2 aromatic carbocycles. The van der Waals surface area contributed by atoms with Crippen LogP contribution in [0.4, 0.5) is 0 Å². The van der Waals surface area contributed by atoms with Crippen molar-refractivity contribution < 1.29 is 33.9 Å². The fourth-order valence-corrected chi connectivity index (χ4v) is 5.66. The lowest BCUT2D eigenvalue weighted by molar-refractivity contribution is -0.422. The van der Waals surface area contributed by atoms with Crippen molar-refractivity contribution in [1.82, 2.24) is 0 Å². The first-order chi connectivity index (χ1) is 17.5. The second-order valence-electron chi connectivity index (χ2n) is 9.77. The summed E-state index contributed by atoms with van der Waals surface area (Å²) in [6, 6.07) is 14.3. The van der Waals surface area contributed by atoms with Crippen LogP contribution in [-0.2, 0) is 24.3 Å². The van der Waals surface area contributed by atoms with Crippen molar-refractivity contribution in [1.29, 1.82) is 0 Å². The van der Waals surface area contributed by atoms with E-state index in [-0.39, 0.29) is 13.0 Å². The summed E-state index contributed by atoms with van der Waals surface area (Å²) >= 11 is 0. The lowest BCUT2D eigenvalue weighted by Crippen LogP contribution is -2.39. The Balaban J connectivity index is 1.98. The summed E-state index contributed by atoms with van der Waals surface area (Å²) in [5.41, 5.74) is 4.60. The number of carbonyl (C=O) groups is 2. The number of ether oxygens (including phenoxy) is 1. The molecule has 0 aromatic heterocycles. The molecule has 200 valence electrons. The Morgan fingerprint density at radius 3 is 1.51 bits per heavy atom. The molecule has 9 heteroatoms. The summed E-state index contributed by atoms with van der Waals surface area (Å²) in [4.78, 5) is 45.3. The molecule has 0 radical (unpaired) electrons. The van der Waals surface area contributed by atoms with E-state index in [0.29, 0.717) is 17.7 Å². The minimum Gasteiger partial charge on any atom is -0.381 e. The van der Waals surface area contributed by atoms with Gasteiger partial charge in [0.05, 0.1) is 17.7 Å². The predicted molar refractivity (Wildman–Crippen MR) is 150 cm³/mol. The van der Waals surface area contributed by atoms with E-state index in [0.717, 1.165) is 16.8 Å². The average Bonchev–Trinajstić information content (AvgIpc) is 2.91. The molecule has 0 unspecified atom stereocenters. The maximum absolute atomic E-state index is 12.5. The van der Waals surface area contributed by atoms with E-state index in [1.54, 1.807) is 24.3 Å². The third-order valence-electron chi connectivity index (χ3n) is 6.06. The van der Waals surface area contributed by atoms with Gasteiger partial charge in [-0.05, 0) is 30.7 Å². The van der Waals surface area contributed by atoms with Crippen LogP contribution in [-0.4, -0.2) is 47.6 Å². The Morgan fingerprint density at radius 1 is 0.757 bits per heavy atom. The van der Waals surface area contributed by atoms with Crippen LogP contribution in [0.3, 0.4) is 0 Å². The molecule has 37 heavy (non-hydrogen) atoms. The van der Waals surface area contributed by atoms with E-state index in [4.69, 9.17) is 24.3 Å². The van der Waals surface area contributed by atoms with Crippen LogP contribution in [0.2, 0.25) is 26.2 Å². The van der Waals surface area contributed by atoms with E-state index < -0.39 is 34.4 Å². The monoisotopic (exact) mass is 542 g/mol. The van der Waals surface area contributed by atoms with Crippen molar-refractivity contribution in [3.63, 3.8) is 0 Å². The minimum absolute atomic E-state index is 0.177. The minimum atomic E-state index is -1.74. The molecule has 7 nitrogen and oxygen atoms in total. The quantitative estimate of drug-likeness (QED) is 0.103. The van der Waals surface area contributed by atoms with Crippen LogP contribution in [0.1, 0.15) is 40.5 Å². The molecule has 2 rings (SSSR count). The molecule has 0 bridgehead atoms. The molecule has 0 aliphatic heterocycles. The van der Waals surface area contributed by atoms with Crippen LogP contribution < -0.4 is 10.4 Å². The summed E-state index contributed by atoms with van der Waals surface area (Å²) in [5.74, 6) is -1.38. The van der Waals surface area contributed by atoms with Crippen molar-refractivity contribution >= 4 is 38.5 Å². The van der Waals surface area contributed by atoms with Gasteiger partial charge in [0.15, 0.2) is 0 Å². The van der Waals surface area contributed by atoms with Crippen molar-refractivity contribution in [3.05, 3.63) is 84.2 Å². The number of hydrogen-bond acceptors (Lipinski definition) is 7. The third kappa shape index (κ3) is 9.21. The molecule has 0 saturated heterocycles. The molecule has 2 aromatic rings. The lowest BCUT2D eigenvalue weighted by Gasteiger charge is -2.18. The van der Waals surface area contributed by atoms with Gasteiger partial charge >= 0.3 is 11.9 Å². The van der Waals surface area contributed by atoms with Crippen LogP contribution in [0, 0.1) is 0 Å². The second-order valence-corrected chi connectivity index (χ2v) is 18.6. The Kier molecular flexibility index (Phi) is 11.7. The van der Waals surface area contributed by atoms with Crippen LogP contribution in [0.15, 0.2) is 73.1 Å². The highest BCUT2D eigenvalue weighted by molar-refractivity contribution is 6.94. The number of benzene rings is 2. The summed E-state index contributed by atoms with van der Waals surface area (Å²) in [6.45, 7) is 19.3. The molecular weight excluding hydrogens is 504 g/mol. The summed E-state index contributed by atoms with van der Waals surface area (Å²) < 4.78 is 5.46. The second kappa shape index (κ2) is 14.2. The predicted octanol–water partition coefficient (Wildman–Crippen LogP) is 4.99. The van der Waals surface area contributed by atoms with Crippen LogP contribution >= 0.6 is 0 Å². The average molecular weight is 543 g/mol. The van der Waals surface area contributed by atoms with Gasteiger partial charge in [0.25, 0.3) is 0 Å². The molecule has 0 fully saturated rings.